The third-order valence-electron chi connectivity index (χ3n) is 4.32. The summed E-state index contributed by atoms with van der Waals surface area (Å²) in [4.78, 5) is 22.0. The Balaban J connectivity index is 2.03. The third-order valence-corrected chi connectivity index (χ3v) is 4.32. The molecule has 1 aliphatic carbocycles. The van der Waals surface area contributed by atoms with Gasteiger partial charge in [-0.1, -0.05) is 6.42 Å². The van der Waals surface area contributed by atoms with E-state index in [-0.39, 0.29) is 11.3 Å². The van der Waals surface area contributed by atoms with Crippen molar-refractivity contribution in [3.8, 4) is 0 Å². The lowest BCUT2D eigenvalue weighted by molar-refractivity contribution is -0.387. The molecule has 2 aliphatic rings. The van der Waals surface area contributed by atoms with Gasteiger partial charge in [-0.3, -0.25) is 10.1 Å². The van der Waals surface area contributed by atoms with Crippen molar-refractivity contribution >= 4 is 17.2 Å². The van der Waals surface area contributed by atoms with Crippen LogP contribution in [-0.4, -0.2) is 16.7 Å². The molecule has 24 heavy (non-hydrogen) atoms. The van der Waals surface area contributed by atoms with Gasteiger partial charge in [0.25, 0.3) is 5.79 Å². The molecule has 1 aromatic carbocycles. The van der Waals surface area contributed by atoms with E-state index in [1.54, 1.807) is 0 Å². The minimum atomic E-state index is -1.62. The van der Waals surface area contributed by atoms with Crippen molar-refractivity contribution in [3.05, 3.63) is 45.2 Å². The van der Waals surface area contributed by atoms with E-state index in [2.05, 4.69) is 0 Å². The molecule has 1 spiro atoms. The van der Waals surface area contributed by atoms with E-state index < -0.39 is 39.6 Å². The van der Waals surface area contributed by atoms with Crippen molar-refractivity contribution in [3.63, 3.8) is 0 Å². The number of ether oxygens (including phenoxy) is 2. The Kier molecular flexibility index (Phi) is 3.98. The van der Waals surface area contributed by atoms with Crippen molar-refractivity contribution in [2.75, 3.05) is 0 Å². The second-order valence-electron chi connectivity index (χ2n) is 5.91. The summed E-state index contributed by atoms with van der Waals surface area (Å²) in [6, 6.07) is 1.80. The van der Waals surface area contributed by atoms with Gasteiger partial charge in [-0.25, -0.2) is 9.18 Å². The van der Waals surface area contributed by atoms with Gasteiger partial charge in [0.2, 0.25) is 5.82 Å². The highest BCUT2D eigenvalue weighted by molar-refractivity contribution is 6.17. The van der Waals surface area contributed by atoms with Gasteiger partial charge in [-0.2, -0.15) is 4.39 Å². The molecule has 0 amide bonds. The highest BCUT2D eigenvalue weighted by atomic mass is 19.2. The third kappa shape index (κ3) is 2.61. The van der Waals surface area contributed by atoms with Gasteiger partial charge in [0.05, 0.1) is 4.92 Å². The van der Waals surface area contributed by atoms with Crippen molar-refractivity contribution in [1.29, 1.82) is 0 Å². The average molecular weight is 339 g/mol. The summed E-state index contributed by atoms with van der Waals surface area (Å²) in [6.45, 7) is 1.48. The van der Waals surface area contributed by atoms with E-state index in [4.69, 9.17) is 9.47 Å². The van der Waals surface area contributed by atoms with Crippen LogP contribution in [0, 0.1) is 21.7 Å². The first-order valence-electron chi connectivity index (χ1n) is 7.61. The average Bonchev–Trinajstić information content (AvgIpc) is 2.51. The Morgan fingerprint density at radius 2 is 1.79 bits per heavy atom. The molecule has 1 fully saturated rings. The summed E-state index contributed by atoms with van der Waals surface area (Å²) in [5.74, 6) is -4.83. The summed E-state index contributed by atoms with van der Waals surface area (Å²) in [5, 5.41) is 10.7. The van der Waals surface area contributed by atoms with Crippen molar-refractivity contribution in [2.24, 2.45) is 0 Å². The van der Waals surface area contributed by atoms with E-state index >= 15 is 0 Å². The number of carbonyl (C=O) groups is 1. The molecule has 0 unspecified atom stereocenters. The minimum Gasteiger partial charge on any atom is -0.456 e. The molecule has 3 rings (SSSR count). The van der Waals surface area contributed by atoms with E-state index in [1.165, 1.54) is 6.92 Å². The first-order chi connectivity index (χ1) is 11.3. The van der Waals surface area contributed by atoms with E-state index in [0.717, 1.165) is 31.4 Å². The quantitative estimate of drug-likeness (QED) is 0.465. The fourth-order valence-corrected chi connectivity index (χ4v) is 3.18. The summed E-state index contributed by atoms with van der Waals surface area (Å²) in [6.07, 6.45) is 3.79. The largest absolute Gasteiger partial charge is 0.456 e. The zero-order valence-electron chi connectivity index (χ0n) is 12.9. The number of hydrogen-bond acceptors (Lipinski definition) is 5. The molecule has 0 atom stereocenters. The summed E-state index contributed by atoms with van der Waals surface area (Å²) in [7, 11) is 0. The molecule has 0 radical (unpaired) electrons. The van der Waals surface area contributed by atoms with Crippen LogP contribution in [0.5, 0.6) is 0 Å². The highest BCUT2D eigenvalue weighted by Gasteiger charge is 2.44. The van der Waals surface area contributed by atoms with Gasteiger partial charge in [0, 0.05) is 24.5 Å². The molecule has 8 heteroatoms. The molecule has 1 aliphatic heterocycles. The predicted molar refractivity (Wildman–Crippen MR) is 78.6 cm³/mol. The highest BCUT2D eigenvalue weighted by Crippen LogP contribution is 2.41. The molecule has 1 saturated carbocycles. The van der Waals surface area contributed by atoms with Crippen molar-refractivity contribution < 1.29 is 28.0 Å². The maximum atomic E-state index is 14.2. The van der Waals surface area contributed by atoms with Gasteiger partial charge in [-0.05, 0) is 25.8 Å². The van der Waals surface area contributed by atoms with Crippen LogP contribution in [0.1, 0.15) is 44.6 Å². The Morgan fingerprint density at radius 1 is 1.12 bits per heavy atom. The van der Waals surface area contributed by atoms with E-state index in [0.29, 0.717) is 12.8 Å². The van der Waals surface area contributed by atoms with Crippen molar-refractivity contribution in [2.45, 2.75) is 44.8 Å². The molecule has 0 saturated heterocycles. The number of carbonyl (C=O) groups excluding carboxylic acids is 1. The van der Waals surface area contributed by atoms with Crippen LogP contribution in [0.4, 0.5) is 14.5 Å². The number of halogens is 2. The molecule has 1 aromatic rings. The second kappa shape index (κ2) is 5.85. The van der Waals surface area contributed by atoms with E-state index in [1.807, 2.05) is 0 Å². The second-order valence-corrected chi connectivity index (χ2v) is 5.91. The number of allylic oxidation sites excluding steroid dienone is 1. The van der Waals surface area contributed by atoms with Crippen molar-refractivity contribution in [1.82, 2.24) is 0 Å². The monoisotopic (exact) mass is 339 g/mol. The zero-order chi connectivity index (χ0) is 17.5. The van der Waals surface area contributed by atoms with Crippen LogP contribution in [-0.2, 0) is 14.3 Å². The molecule has 0 aromatic heterocycles. The van der Waals surface area contributed by atoms with Crippen LogP contribution >= 0.6 is 0 Å². The maximum Gasteiger partial charge on any atom is 0.345 e. The van der Waals surface area contributed by atoms with Gasteiger partial charge in [-0.15, -0.1) is 0 Å². The lowest BCUT2D eigenvalue weighted by Crippen LogP contribution is -2.43. The number of rotatable bonds is 2. The molecule has 0 N–H and O–H groups in total. The topological polar surface area (TPSA) is 78.7 Å². The molecule has 128 valence electrons. The van der Waals surface area contributed by atoms with Gasteiger partial charge in [0.15, 0.2) is 5.82 Å². The molecular weight excluding hydrogens is 324 g/mol. The first kappa shape index (κ1) is 16.4. The van der Waals surface area contributed by atoms with Crippen LogP contribution in [0.2, 0.25) is 0 Å². The Bertz CT molecular complexity index is 753. The summed E-state index contributed by atoms with van der Waals surface area (Å²) >= 11 is 0. The smallest absolute Gasteiger partial charge is 0.345 e. The number of hydrogen-bond donors (Lipinski definition) is 0. The minimum absolute atomic E-state index is 0.125. The zero-order valence-corrected chi connectivity index (χ0v) is 12.9. The van der Waals surface area contributed by atoms with Crippen LogP contribution in [0.25, 0.3) is 5.57 Å². The number of esters is 1. The number of benzene rings is 1. The molecule has 0 bridgehead atoms. The molecule has 1 heterocycles. The van der Waals surface area contributed by atoms with Gasteiger partial charge >= 0.3 is 11.7 Å². The maximum absolute atomic E-state index is 14.2. The molecular formula is C16H15F2NO5. The summed E-state index contributed by atoms with van der Waals surface area (Å²) < 4.78 is 39.2. The molecule has 6 nitrogen and oxygen atoms in total. The van der Waals surface area contributed by atoms with E-state index in [9.17, 15) is 23.7 Å². The van der Waals surface area contributed by atoms with Crippen LogP contribution in [0.3, 0.4) is 0 Å². The fraction of sp³-hybridized carbons (Fsp3) is 0.438. The Labute approximate surface area is 136 Å². The standard InChI is InChI=1S/C16H15F2NO5/c1-9-12(10-5-6-11(19(21)22)14(18)13(10)17)15(20)24-16(23-9)7-3-2-4-8-16/h5-6H,2-4,7-8H2,1H3. The number of nitrogens with zero attached hydrogens (tertiary/aromatic N) is 1. The van der Waals surface area contributed by atoms with Crippen LogP contribution in [0.15, 0.2) is 17.9 Å². The van der Waals surface area contributed by atoms with Gasteiger partial charge < -0.3 is 9.47 Å². The first-order valence-corrected chi connectivity index (χ1v) is 7.61. The Morgan fingerprint density at radius 3 is 2.38 bits per heavy atom. The lowest BCUT2D eigenvalue weighted by atomic mass is 9.92. The number of nitro groups is 1. The summed E-state index contributed by atoms with van der Waals surface area (Å²) in [5.41, 5.74) is -1.66. The van der Waals surface area contributed by atoms with Gasteiger partial charge in [0.1, 0.15) is 11.3 Å². The predicted octanol–water partition coefficient (Wildman–Crippen LogP) is 3.84. The normalized spacial score (nSPS) is 19.9. The lowest BCUT2D eigenvalue weighted by Gasteiger charge is -2.40. The fourth-order valence-electron chi connectivity index (χ4n) is 3.18. The Hall–Kier alpha value is -2.51. The SMILES string of the molecule is CC1=C(c2ccc([N+](=O)[O-])c(F)c2F)C(=O)OC2(CCCCC2)O1. The number of nitro benzene ring substituents is 1. The van der Waals surface area contributed by atoms with Crippen LogP contribution < -0.4 is 0 Å².